The molecule has 0 spiro atoms. The molecule has 0 bridgehead atoms. The van der Waals surface area contributed by atoms with E-state index in [0.29, 0.717) is 0 Å². The number of hydrogen-bond donors (Lipinski definition) is 2. The summed E-state index contributed by atoms with van der Waals surface area (Å²) in [6.07, 6.45) is 3.89. The number of likely N-dealkylation sites (N-methyl/N-ethyl adjacent to an activating group) is 1. The summed E-state index contributed by atoms with van der Waals surface area (Å²) in [4.78, 5) is 2.19. The Morgan fingerprint density at radius 2 is 2.07 bits per heavy atom. The zero-order valence-corrected chi connectivity index (χ0v) is 9.71. The van der Waals surface area contributed by atoms with Crippen molar-refractivity contribution in [2.75, 3.05) is 26.7 Å². The highest BCUT2D eigenvalue weighted by Crippen LogP contribution is 2.18. The van der Waals surface area contributed by atoms with Gasteiger partial charge in [0.1, 0.15) is 0 Å². The first kappa shape index (κ1) is 12.0. The molecule has 0 unspecified atom stereocenters. The van der Waals surface area contributed by atoms with Crippen LogP contribution in [0.2, 0.25) is 0 Å². The second-order valence-corrected chi connectivity index (χ2v) is 5.13. The zero-order valence-electron chi connectivity index (χ0n) is 9.71. The molecule has 1 fully saturated rings. The molecule has 1 aliphatic rings. The van der Waals surface area contributed by atoms with Crippen molar-refractivity contribution >= 4 is 0 Å². The minimum Gasteiger partial charge on any atom is -0.389 e. The Morgan fingerprint density at radius 3 is 2.57 bits per heavy atom. The van der Waals surface area contributed by atoms with Gasteiger partial charge in [0.25, 0.3) is 0 Å². The van der Waals surface area contributed by atoms with Crippen LogP contribution in [0.25, 0.3) is 0 Å². The van der Waals surface area contributed by atoms with Crippen LogP contribution in [0, 0.1) is 0 Å². The fraction of sp³-hybridized carbons (Fsp3) is 1.00. The Labute approximate surface area is 87.5 Å². The maximum Gasteiger partial charge on any atom is 0.0718 e. The maximum absolute atomic E-state index is 9.59. The average molecular weight is 200 g/mol. The third-order valence-electron chi connectivity index (χ3n) is 2.38. The Balaban J connectivity index is 1.93. The summed E-state index contributed by atoms with van der Waals surface area (Å²) in [7, 11) is 2.06. The van der Waals surface area contributed by atoms with Crippen LogP contribution in [0.1, 0.15) is 33.1 Å². The molecule has 2 N–H and O–H groups in total. The van der Waals surface area contributed by atoms with E-state index in [9.17, 15) is 5.11 Å². The predicted molar refractivity (Wildman–Crippen MR) is 59.4 cm³/mol. The van der Waals surface area contributed by atoms with E-state index in [2.05, 4.69) is 17.3 Å². The molecule has 0 aromatic rings. The summed E-state index contributed by atoms with van der Waals surface area (Å²) in [5, 5.41) is 13.1. The van der Waals surface area contributed by atoms with Crippen molar-refractivity contribution in [3.63, 3.8) is 0 Å². The normalized spacial score (nSPS) is 17.8. The van der Waals surface area contributed by atoms with Crippen LogP contribution in [0.5, 0.6) is 0 Å². The average Bonchev–Trinajstić information content (AvgIpc) is 2.77. The van der Waals surface area contributed by atoms with Crippen molar-refractivity contribution in [2.24, 2.45) is 0 Å². The van der Waals surface area contributed by atoms with Crippen molar-refractivity contribution in [2.45, 2.75) is 44.8 Å². The van der Waals surface area contributed by atoms with Crippen molar-refractivity contribution in [1.82, 2.24) is 10.2 Å². The van der Waals surface area contributed by atoms with E-state index < -0.39 is 5.60 Å². The monoisotopic (exact) mass is 200 g/mol. The third-order valence-corrected chi connectivity index (χ3v) is 2.38. The molecule has 3 heteroatoms. The van der Waals surface area contributed by atoms with Crippen LogP contribution < -0.4 is 5.32 Å². The number of rotatable bonds is 7. The van der Waals surface area contributed by atoms with Gasteiger partial charge in [0.15, 0.2) is 0 Å². The van der Waals surface area contributed by atoms with E-state index in [4.69, 9.17) is 0 Å². The van der Waals surface area contributed by atoms with Gasteiger partial charge in [0.2, 0.25) is 0 Å². The molecule has 0 radical (unpaired) electrons. The van der Waals surface area contributed by atoms with Crippen LogP contribution in [-0.2, 0) is 0 Å². The number of nitrogens with one attached hydrogen (secondary N) is 1. The minimum absolute atomic E-state index is 0.571. The second kappa shape index (κ2) is 5.10. The van der Waals surface area contributed by atoms with Gasteiger partial charge >= 0.3 is 0 Å². The Kier molecular flexibility index (Phi) is 4.35. The second-order valence-electron chi connectivity index (χ2n) is 5.13. The van der Waals surface area contributed by atoms with Gasteiger partial charge in [-0.25, -0.2) is 0 Å². The SMILES string of the molecule is CN(CCCNC1CC1)CC(C)(C)O. The fourth-order valence-corrected chi connectivity index (χ4v) is 1.68. The Morgan fingerprint density at radius 1 is 1.43 bits per heavy atom. The molecule has 84 valence electrons. The minimum atomic E-state index is -0.571. The first-order chi connectivity index (χ1) is 6.47. The number of nitrogens with zero attached hydrogens (tertiary/aromatic N) is 1. The van der Waals surface area contributed by atoms with Crippen LogP contribution in [0.3, 0.4) is 0 Å². The van der Waals surface area contributed by atoms with E-state index >= 15 is 0 Å². The molecule has 14 heavy (non-hydrogen) atoms. The maximum atomic E-state index is 9.59. The highest BCUT2D eigenvalue weighted by Gasteiger charge is 2.20. The zero-order chi connectivity index (χ0) is 10.6. The summed E-state index contributed by atoms with van der Waals surface area (Å²) in [5.74, 6) is 0. The van der Waals surface area contributed by atoms with Gasteiger partial charge in [-0.05, 0) is 53.2 Å². The van der Waals surface area contributed by atoms with Gasteiger partial charge in [-0.3, -0.25) is 0 Å². The van der Waals surface area contributed by atoms with Crippen LogP contribution in [0.4, 0.5) is 0 Å². The van der Waals surface area contributed by atoms with E-state index in [1.807, 2.05) is 13.8 Å². The molecule has 0 atom stereocenters. The van der Waals surface area contributed by atoms with E-state index in [-0.39, 0.29) is 0 Å². The molecular formula is C11H24N2O. The van der Waals surface area contributed by atoms with Crippen molar-refractivity contribution in [1.29, 1.82) is 0 Å². The van der Waals surface area contributed by atoms with Gasteiger partial charge < -0.3 is 15.3 Å². The molecule has 1 rings (SSSR count). The lowest BCUT2D eigenvalue weighted by Gasteiger charge is -2.25. The summed E-state index contributed by atoms with van der Waals surface area (Å²) < 4.78 is 0. The highest BCUT2D eigenvalue weighted by molar-refractivity contribution is 4.80. The molecular weight excluding hydrogens is 176 g/mol. The van der Waals surface area contributed by atoms with Crippen molar-refractivity contribution in [3.8, 4) is 0 Å². The van der Waals surface area contributed by atoms with Gasteiger partial charge in [-0.15, -0.1) is 0 Å². The number of hydrogen-bond acceptors (Lipinski definition) is 3. The smallest absolute Gasteiger partial charge is 0.0718 e. The molecule has 0 saturated heterocycles. The molecule has 1 saturated carbocycles. The molecule has 1 aliphatic carbocycles. The lowest BCUT2D eigenvalue weighted by molar-refractivity contribution is 0.0444. The van der Waals surface area contributed by atoms with Gasteiger partial charge in [-0.2, -0.15) is 0 Å². The third kappa shape index (κ3) is 6.35. The Bertz CT molecular complexity index is 161. The molecule has 0 heterocycles. The van der Waals surface area contributed by atoms with E-state index in [0.717, 1.165) is 25.7 Å². The van der Waals surface area contributed by atoms with Crippen LogP contribution in [0.15, 0.2) is 0 Å². The standard InChI is InChI=1S/C11H24N2O/c1-11(2,14)9-13(3)8-4-7-12-10-5-6-10/h10,12,14H,4-9H2,1-3H3. The summed E-state index contributed by atoms with van der Waals surface area (Å²) >= 11 is 0. The van der Waals surface area contributed by atoms with Crippen LogP contribution in [-0.4, -0.2) is 48.3 Å². The quantitative estimate of drug-likeness (QED) is 0.598. The first-order valence-electron chi connectivity index (χ1n) is 5.62. The van der Waals surface area contributed by atoms with E-state index in [1.165, 1.54) is 19.3 Å². The fourth-order valence-electron chi connectivity index (χ4n) is 1.68. The first-order valence-corrected chi connectivity index (χ1v) is 5.62. The molecule has 3 nitrogen and oxygen atoms in total. The summed E-state index contributed by atoms with van der Waals surface area (Å²) in [5.41, 5.74) is -0.571. The van der Waals surface area contributed by atoms with Crippen molar-refractivity contribution in [3.05, 3.63) is 0 Å². The van der Waals surface area contributed by atoms with Gasteiger partial charge in [0, 0.05) is 12.6 Å². The summed E-state index contributed by atoms with van der Waals surface area (Å²) in [6, 6.07) is 0.814. The topological polar surface area (TPSA) is 35.5 Å². The number of aliphatic hydroxyl groups is 1. The lowest BCUT2D eigenvalue weighted by Crippen LogP contribution is -2.37. The highest BCUT2D eigenvalue weighted by atomic mass is 16.3. The summed E-state index contributed by atoms with van der Waals surface area (Å²) in [6.45, 7) is 6.62. The van der Waals surface area contributed by atoms with E-state index in [1.54, 1.807) is 0 Å². The largest absolute Gasteiger partial charge is 0.389 e. The predicted octanol–water partition coefficient (Wildman–Crippen LogP) is 0.831. The molecule has 0 aliphatic heterocycles. The van der Waals surface area contributed by atoms with Gasteiger partial charge in [-0.1, -0.05) is 0 Å². The lowest BCUT2D eigenvalue weighted by atomic mass is 10.1. The molecule has 0 aromatic heterocycles. The van der Waals surface area contributed by atoms with Crippen molar-refractivity contribution < 1.29 is 5.11 Å². The Hall–Kier alpha value is -0.120. The van der Waals surface area contributed by atoms with Crippen LogP contribution >= 0.6 is 0 Å². The van der Waals surface area contributed by atoms with Gasteiger partial charge in [0.05, 0.1) is 5.60 Å². The molecule has 0 aromatic carbocycles. The molecule has 0 amide bonds.